The Morgan fingerprint density at radius 1 is 1.29 bits per heavy atom. The average Bonchev–Trinajstić information content (AvgIpc) is 2.94. The van der Waals surface area contributed by atoms with Gasteiger partial charge in [0.25, 0.3) is 5.71 Å². The first kappa shape index (κ1) is 15.9. The number of nitrogens with one attached hydrogen (secondary N) is 1. The van der Waals surface area contributed by atoms with Gasteiger partial charge in [-0.05, 0) is 26.3 Å². The monoisotopic (exact) mass is 326 g/mol. The highest BCUT2D eigenvalue weighted by Gasteiger charge is 2.19. The minimum Gasteiger partial charge on any atom is -0.460 e. The summed E-state index contributed by atoms with van der Waals surface area (Å²) in [5.41, 5.74) is 3.20. The first-order chi connectivity index (χ1) is 11.6. The zero-order chi connectivity index (χ0) is 17.1. The van der Waals surface area contributed by atoms with Gasteiger partial charge in [0, 0.05) is 6.54 Å². The Kier molecular flexibility index (Phi) is 4.41. The molecule has 0 bridgehead atoms. The number of aryl methyl sites for hydroxylation is 2. The molecule has 2 heterocycles. The van der Waals surface area contributed by atoms with E-state index in [4.69, 9.17) is 9.26 Å². The number of hydrogen-bond acceptors (Lipinski definition) is 7. The Balaban J connectivity index is 1.95. The Morgan fingerprint density at radius 2 is 2.12 bits per heavy atom. The second kappa shape index (κ2) is 6.66. The predicted octanol–water partition coefficient (Wildman–Crippen LogP) is 3.02. The molecule has 2 aromatic heterocycles. The van der Waals surface area contributed by atoms with Crippen molar-refractivity contribution in [3.63, 3.8) is 0 Å². The number of rotatable bonds is 5. The number of esters is 1. The van der Waals surface area contributed by atoms with E-state index in [1.165, 1.54) is 5.56 Å². The maximum Gasteiger partial charge on any atom is 0.376 e. The summed E-state index contributed by atoms with van der Waals surface area (Å²) in [4.78, 5) is 20.3. The van der Waals surface area contributed by atoms with Crippen molar-refractivity contribution >= 4 is 22.9 Å². The van der Waals surface area contributed by atoms with Gasteiger partial charge in [0.1, 0.15) is 11.2 Å². The number of hydrogen-bond donors (Lipinski definition) is 1. The van der Waals surface area contributed by atoms with Crippen LogP contribution in [0.1, 0.15) is 34.4 Å². The second-order valence-electron chi connectivity index (χ2n) is 5.41. The molecule has 124 valence electrons. The molecule has 0 saturated heterocycles. The van der Waals surface area contributed by atoms with Gasteiger partial charge in [0.05, 0.1) is 12.3 Å². The number of carbonyl (C=O) groups is 1. The number of benzene rings is 1. The molecule has 0 unspecified atom stereocenters. The Bertz CT molecular complexity index is 889. The van der Waals surface area contributed by atoms with Crippen LogP contribution in [0.3, 0.4) is 0 Å². The van der Waals surface area contributed by atoms with Crippen LogP contribution < -0.4 is 5.32 Å². The van der Waals surface area contributed by atoms with Crippen molar-refractivity contribution in [3.05, 3.63) is 46.9 Å². The van der Waals surface area contributed by atoms with Crippen LogP contribution in [-0.4, -0.2) is 27.7 Å². The van der Waals surface area contributed by atoms with E-state index in [1.807, 2.05) is 25.1 Å². The molecular weight excluding hydrogens is 308 g/mol. The van der Waals surface area contributed by atoms with Crippen LogP contribution in [0.15, 0.2) is 28.8 Å². The topological polar surface area (TPSA) is 90.1 Å². The van der Waals surface area contributed by atoms with Crippen molar-refractivity contribution in [1.82, 2.24) is 15.1 Å². The zero-order valence-electron chi connectivity index (χ0n) is 13.8. The maximum absolute atomic E-state index is 11.9. The summed E-state index contributed by atoms with van der Waals surface area (Å²) in [7, 11) is 0. The molecule has 0 aliphatic heterocycles. The molecule has 7 heteroatoms. The molecule has 3 rings (SSSR count). The lowest BCUT2D eigenvalue weighted by molar-refractivity contribution is 0.0512. The van der Waals surface area contributed by atoms with Gasteiger partial charge >= 0.3 is 5.97 Å². The third-order valence-electron chi connectivity index (χ3n) is 3.51. The van der Waals surface area contributed by atoms with Crippen LogP contribution in [0.2, 0.25) is 0 Å². The maximum atomic E-state index is 11.9. The van der Waals surface area contributed by atoms with E-state index in [2.05, 4.69) is 26.5 Å². The minimum absolute atomic E-state index is 0.0488. The van der Waals surface area contributed by atoms with Crippen molar-refractivity contribution in [1.29, 1.82) is 0 Å². The summed E-state index contributed by atoms with van der Waals surface area (Å²) in [5.74, 6) is -0.136. The quantitative estimate of drug-likeness (QED) is 0.721. The molecule has 0 amide bonds. The van der Waals surface area contributed by atoms with Crippen molar-refractivity contribution in [2.24, 2.45) is 0 Å². The van der Waals surface area contributed by atoms with E-state index < -0.39 is 5.97 Å². The van der Waals surface area contributed by atoms with Crippen molar-refractivity contribution in [3.8, 4) is 0 Å². The van der Waals surface area contributed by atoms with Gasteiger partial charge in [-0.25, -0.2) is 9.78 Å². The molecule has 3 aromatic rings. The lowest BCUT2D eigenvalue weighted by Gasteiger charge is -2.09. The zero-order valence-corrected chi connectivity index (χ0v) is 13.8. The SMILES string of the molecule is CCOC(=O)c1nc(NCc2cccc(C)c2)c2c(C)noc2n1. The highest BCUT2D eigenvalue weighted by Crippen LogP contribution is 2.24. The molecule has 7 nitrogen and oxygen atoms in total. The van der Waals surface area contributed by atoms with E-state index in [0.717, 1.165) is 5.56 Å². The fourth-order valence-corrected chi connectivity index (χ4v) is 2.41. The van der Waals surface area contributed by atoms with Gasteiger partial charge in [-0.3, -0.25) is 0 Å². The normalized spacial score (nSPS) is 10.8. The molecule has 0 atom stereocenters. The van der Waals surface area contributed by atoms with Crippen LogP contribution in [0.4, 0.5) is 5.82 Å². The predicted molar refractivity (Wildman–Crippen MR) is 88.8 cm³/mol. The molecule has 0 fully saturated rings. The summed E-state index contributed by atoms with van der Waals surface area (Å²) in [6.45, 7) is 6.38. The van der Waals surface area contributed by atoms with Gasteiger partial charge < -0.3 is 14.6 Å². The van der Waals surface area contributed by atoms with Crippen molar-refractivity contribution in [2.45, 2.75) is 27.3 Å². The summed E-state index contributed by atoms with van der Waals surface area (Å²) >= 11 is 0. The standard InChI is InChI=1S/C17H18N4O3/c1-4-23-17(22)15-19-14(13-11(3)21-24-16(13)20-15)18-9-12-7-5-6-10(2)8-12/h5-8H,4,9H2,1-3H3,(H,18,19,20). The number of ether oxygens (including phenoxy) is 1. The van der Waals surface area contributed by atoms with E-state index in [9.17, 15) is 4.79 Å². The fourth-order valence-electron chi connectivity index (χ4n) is 2.41. The number of carbonyl (C=O) groups excluding carboxylic acids is 1. The largest absolute Gasteiger partial charge is 0.460 e. The van der Waals surface area contributed by atoms with E-state index >= 15 is 0 Å². The van der Waals surface area contributed by atoms with Crippen LogP contribution >= 0.6 is 0 Å². The van der Waals surface area contributed by atoms with Gasteiger partial charge in [-0.2, -0.15) is 4.98 Å². The summed E-state index contributed by atoms with van der Waals surface area (Å²) < 4.78 is 10.1. The number of aromatic nitrogens is 3. The highest BCUT2D eigenvalue weighted by atomic mass is 16.5. The van der Waals surface area contributed by atoms with Gasteiger partial charge in [-0.15, -0.1) is 0 Å². The number of nitrogens with zero attached hydrogens (tertiary/aromatic N) is 3. The molecule has 24 heavy (non-hydrogen) atoms. The Morgan fingerprint density at radius 3 is 2.88 bits per heavy atom. The lowest BCUT2D eigenvalue weighted by Crippen LogP contribution is -2.12. The molecule has 0 radical (unpaired) electrons. The van der Waals surface area contributed by atoms with E-state index in [1.54, 1.807) is 13.8 Å². The van der Waals surface area contributed by atoms with Crippen molar-refractivity contribution in [2.75, 3.05) is 11.9 Å². The van der Waals surface area contributed by atoms with Gasteiger partial charge in [0.15, 0.2) is 0 Å². The van der Waals surface area contributed by atoms with Crippen LogP contribution in [-0.2, 0) is 11.3 Å². The van der Waals surface area contributed by atoms with Crippen LogP contribution in [0, 0.1) is 13.8 Å². The Hall–Kier alpha value is -2.96. The summed E-state index contributed by atoms with van der Waals surface area (Å²) in [5, 5.41) is 7.80. The lowest BCUT2D eigenvalue weighted by atomic mass is 10.1. The molecule has 0 saturated carbocycles. The van der Waals surface area contributed by atoms with Gasteiger partial charge in [0.2, 0.25) is 5.82 Å². The first-order valence-electron chi connectivity index (χ1n) is 7.69. The summed E-state index contributed by atoms with van der Waals surface area (Å²) in [6, 6.07) is 8.13. The van der Waals surface area contributed by atoms with E-state index in [0.29, 0.717) is 23.4 Å². The molecule has 0 aliphatic rings. The summed E-state index contributed by atoms with van der Waals surface area (Å²) in [6.07, 6.45) is 0. The van der Waals surface area contributed by atoms with Crippen LogP contribution in [0.25, 0.3) is 11.1 Å². The third-order valence-corrected chi connectivity index (χ3v) is 3.51. The van der Waals surface area contributed by atoms with Crippen LogP contribution in [0.5, 0.6) is 0 Å². The smallest absolute Gasteiger partial charge is 0.376 e. The molecule has 0 aliphatic carbocycles. The molecule has 1 aromatic carbocycles. The van der Waals surface area contributed by atoms with Gasteiger partial charge in [-0.1, -0.05) is 35.0 Å². The Labute approximate surface area is 139 Å². The van der Waals surface area contributed by atoms with E-state index in [-0.39, 0.29) is 18.1 Å². The number of anilines is 1. The second-order valence-corrected chi connectivity index (χ2v) is 5.41. The highest BCUT2D eigenvalue weighted by molar-refractivity contribution is 5.93. The van der Waals surface area contributed by atoms with Crippen molar-refractivity contribution < 1.29 is 14.1 Å². The first-order valence-corrected chi connectivity index (χ1v) is 7.69. The molecular formula is C17H18N4O3. The minimum atomic E-state index is -0.591. The average molecular weight is 326 g/mol. The number of fused-ring (bicyclic) bond motifs is 1. The third kappa shape index (κ3) is 3.19. The molecule has 1 N–H and O–H groups in total. The molecule has 0 spiro atoms. The fraction of sp³-hybridized carbons (Fsp3) is 0.294.